The third-order valence-corrected chi connectivity index (χ3v) is 5.85. The first-order chi connectivity index (χ1) is 13.2. The molecule has 4 heteroatoms. The van der Waals surface area contributed by atoms with Gasteiger partial charge in [-0.1, -0.05) is 36.4 Å². The van der Waals surface area contributed by atoms with Gasteiger partial charge in [-0.15, -0.1) is 11.8 Å². The molecule has 3 nitrogen and oxygen atoms in total. The van der Waals surface area contributed by atoms with Gasteiger partial charge in [-0.3, -0.25) is 4.99 Å². The van der Waals surface area contributed by atoms with Gasteiger partial charge in [0.05, 0.1) is 19.9 Å². The molecule has 0 N–H and O–H groups in total. The molecule has 2 aromatic rings. The van der Waals surface area contributed by atoms with Gasteiger partial charge in [-0.25, -0.2) is 0 Å². The van der Waals surface area contributed by atoms with Gasteiger partial charge in [-0.2, -0.15) is 0 Å². The van der Waals surface area contributed by atoms with Crippen LogP contribution in [0.25, 0.3) is 0 Å². The number of methoxy groups -OCH3 is 2. The minimum absolute atomic E-state index is 0.210. The number of hydrogen-bond acceptors (Lipinski definition) is 4. The number of benzene rings is 2. The molecule has 0 amide bonds. The van der Waals surface area contributed by atoms with Gasteiger partial charge in [-0.05, 0) is 37.6 Å². The molecule has 1 aliphatic heterocycles. The Hall–Kier alpha value is -2.46. The molecule has 0 saturated carbocycles. The lowest BCUT2D eigenvalue weighted by molar-refractivity contribution is 0.391. The highest BCUT2D eigenvalue weighted by atomic mass is 32.2. The van der Waals surface area contributed by atoms with Crippen LogP contribution >= 0.6 is 11.8 Å². The first kappa shape index (κ1) is 19.3. The Morgan fingerprint density at radius 2 is 1.96 bits per heavy atom. The molecule has 140 valence electrons. The second-order valence-electron chi connectivity index (χ2n) is 6.32. The van der Waals surface area contributed by atoms with Crippen LogP contribution in [0.4, 0.5) is 5.69 Å². The van der Waals surface area contributed by atoms with E-state index in [1.54, 1.807) is 14.2 Å². The number of aliphatic imine (C=N–C) groups is 1. The van der Waals surface area contributed by atoms with Crippen LogP contribution in [0.5, 0.6) is 11.5 Å². The van der Waals surface area contributed by atoms with Crippen molar-refractivity contribution in [3.8, 4) is 11.5 Å². The minimum Gasteiger partial charge on any atom is -0.497 e. The van der Waals surface area contributed by atoms with Crippen LogP contribution in [-0.2, 0) is 0 Å². The van der Waals surface area contributed by atoms with Gasteiger partial charge >= 0.3 is 0 Å². The average molecular weight is 380 g/mol. The molecule has 2 aromatic carbocycles. The maximum atomic E-state index is 5.67. The maximum Gasteiger partial charge on any atom is 0.126 e. The van der Waals surface area contributed by atoms with Crippen LogP contribution in [0.3, 0.4) is 0 Å². The molecule has 1 unspecified atom stereocenters. The standard InChI is InChI=1S/C23H25NO2S/c1-5-6-9-16(2)20-15-23(27-22-11-8-7-10-19(22)24-20)18-13-12-17(25-3)14-21(18)26-4/h5-14,23H,15H2,1-4H3/b6-5-,16-9+. The number of fused-ring (bicyclic) bond motifs is 1. The second-order valence-corrected chi connectivity index (χ2v) is 7.56. The highest BCUT2D eigenvalue weighted by Crippen LogP contribution is 2.48. The van der Waals surface area contributed by atoms with Crippen LogP contribution in [0, 0.1) is 0 Å². The number of rotatable bonds is 5. The van der Waals surface area contributed by atoms with Gasteiger partial charge in [0.1, 0.15) is 11.5 Å². The Labute approximate surface area is 165 Å². The lowest BCUT2D eigenvalue weighted by Crippen LogP contribution is -2.06. The summed E-state index contributed by atoms with van der Waals surface area (Å²) in [4.78, 5) is 6.17. The average Bonchev–Trinajstić information content (AvgIpc) is 2.91. The van der Waals surface area contributed by atoms with E-state index in [-0.39, 0.29) is 5.25 Å². The predicted octanol–water partition coefficient (Wildman–Crippen LogP) is 6.54. The zero-order valence-corrected chi connectivity index (χ0v) is 17.0. The summed E-state index contributed by atoms with van der Waals surface area (Å²) in [5.74, 6) is 1.65. The number of allylic oxidation sites excluding steroid dienone is 4. The summed E-state index contributed by atoms with van der Waals surface area (Å²) in [5.41, 5.74) is 4.48. The van der Waals surface area contributed by atoms with Crippen molar-refractivity contribution in [3.63, 3.8) is 0 Å². The van der Waals surface area contributed by atoms with Crippen LogP contribution in [0.1, 0.15) is 31.1 Å². The highest BCUT2D eigenvalue weighted by molar-refractivity contribution is 7.99. The lowest BCUT2D eigenvalue weighted by Gasteiger charge is -2.19. The van der Waals surface area contributed by atoms with Gasteiger partial charge in [0.15, 0.2) is 0 Å². The van der Waals surface area contributed by atoms with E-state index in [0.717, 1.165) is 34.9 Å². The molecule has 0 fully saturated rings. The van der Waals surface area contributed by atoms with Crippen molar-refractivity contribution in [2.75, 3.05) is 14.2 Å². The van der Waals surface area contributed by atoms with Crippen molar-refractivity contribution < 1.29 is 9.47 Å². The fourth-order valence-corrected chi connectivity index (χ4v) is 4.32. The van der Waals surface area contributed by atoms with Crippen LogP contribution in [-0.4, -0.2) is 19.9 Å². The molecule has 0 spiro atoms. The Balaban J connectivity index is 2.06. The molecule has 0 saturated heterocycles. The quantitative estimate of drug-likeness (QED) is 0.553. The number of para-hydroxylation sites is 1. The van der Waals surface area contributed by atoms with E-state index in [9.17, 15) is 0 Å². The lowest BCUT2D eigenvalue weighted by atomic mass is 10.0. The van der Waals surface area contributed by atoms with E-state index < -0.39 is 0 Å². The van der Waals surface area contributed by atoms with Crippen LogP contribution < -0.4 is 9.47 Å². The van der Waals surface area contributed by atoms with Crippen molar-refractivity contribution >= 4 is 23.2 Å². The summed E-state index contributed by atoms with van der Waals surface area (Å²) in [6.07, 6.45) is 7.06. The smallest absolute Gasteiger partial charge is 0.126 e. The van der Waals surface area contributed by atoms with Gasteiger partial charge in [0.25, 0.3) is 0 Å². The van der Waals surface area contributed by atoms with Crippen molar-refractivity contribution in [1.82, 2.24) is 0 Å². The second kappa shape index (κ2) is 8.96. The van der Waals surface area contributed by atoms with Crippen LogP contribution in [0.2, 0.25) is 0 Å². The maximum absolute atomic E-state index is 5.67. The summed E-state index contributed by atoms with van der Waals surface area (Å²) < 4.78 is 11.0. The zero-order valence-electron chi connectivity index (χ0n) is 16.2. The fraction of sp³-hybridized carbons (Fsp3) is 0.261. The van der Waals surface area contributed by atoms with Gasteiger partial charge < -0.3 is 9.47 Å². The van der Waals surface area contributed by atoms with E-state index in [0.29, 0.717) is 0 Å². The number of hydrogen-bond donors (Lipinski definition) is 0. The Morgan fingerprint density at radius 1 is 1.15 bits per heavy atom. The van der Waals surface area contributed by atoms with E-state index in [4.69, 9.17) is 14.5 Å². The molecule has 1 atom stereocenters. The Bertz CT molecular complexity index is 899. The third-order valence-electron chi connectivity index (χ3n) is 4.55. The molecular formula is C23H25NO2S. The largest absolute Gasteiger partial charge is 0.497 e. The van der Waals surface area contributed by atoms with E-state index >= 15 is 0 Å². The SMILES string of the molecule is C/C=C\C=C(/C)C1=Nc2ccccc2SC(c2ccc(OC)cc2OC)C1. The summed E-state index contributed by atoms with van der Waals surface area (Å²) in [6.45, 7) is 4.15. The molecule has 1 heterocycles. The zero-order chi connectivity index (χ0) is 19.2. The van der Waals surface area contributed by atoms with Crippen molar-refractivity contribution in [2.45, 2.75) is 30.4 Å². The van der Waals surface area contributed by atoms with E-state index in [2.05, 4.69) is 43.3 Å². The topological polar surface area (TPSA) is 30.8 Å². The normalized spacial score (nSPS) is 17.3. The molecule has 0 bridgehead atoms. The summed E-state index contributed by atoms with van der Waals surface area (Å²) >= 11 is 1.84. The summed E-state index contributed by atoms with van der Waals surface area (Å²) in [7, 11) is 3.38. The minimum atomic E-state index is 0.210. The number of thioether (sulfide) groups is 1. The Morgan fingerprint density at radius 3 is 2.70 bits per heavy atom. The predicted molar refractivity (Wildman–Crippen MR) is 115 cm³/mol. The molecule has 0 aromatic heterocycles. The van der Waals surface area contributed by atoms with Crippen molar-refractivity contribution in [2.24, 2.45) is 4.99 Å². The van der Waals surface area contributed by atoms with Gasteiger partial charge in [0.2, 0.25) is 0 Å². The first-order valence-corrected chi connectivity index (χ1v) is 9.89. The summed E-state index contributed by atoms with van der Waals surface area (Å²) in [5, 5.41) is 0.210. The molecule has 0 radical (unpaired) electrons. The van der Waals surface area contributed by atoms with Crippen molar-refractivity contribution in [3.05, 3.63) is 71.8 Å². The first-order valence-electron chi connectivity index (χ1n) is 9.01. The molecule has 3 rings (SSSR count). The summed E-state index contributed by atoms with van der Waals surface area (Å²) in [6, 6.07) is 14.4. The monoisotopic (exact) mass is 379 g/mol. The number of nitrogens with zero attached hydrogens (tertiary/aromatic N) is 1. The number of ether oxygens (including phenoxy) is 2. The highest BCUT2D eigenvalue weighted by Gasteiger charge is 2.25. The van der Waals surface area contributed by atoms with E-state index in [1.165, 1.54) is 10.5 Å². The van der Waals surface area contributed by atoms with Gasteiger partial charge in [0, 0.05) is 33.9 Å². The third kappa shape index (κ3) is 4.45. The molecule has 1 aliphatic rings. The van der Waals surface area contributed by atoms with E-state index in [1.807, 2.05) is 43.0 Å². The fourth-order valence-electron chi connectivity index (χ4n) is 3.05. The van der Waals surface area contributed by atoms with Crippen LogP contribution in [0.15, 0.2) is 76.2 Å². The molecular weight excluding hydrogens is 354 g/mol. The Kier molecular flexibility index (Phi) is 6.40. The molecule has 0 aliphatic carbocycles. The van der Waals surface area contributed by atoms with Crippen molar-refractivity contribution in [1.29, 1.82) is 0 Å². The molecule has 27 heavy (non-hydrogen) atoms.